The van der Waals surface area contributed by atoms with Gasteiger partial charge in [-0.3, -0.25) is 57.5 Å². The summed E-state index contributed by atoms with van der Waals surface area (Å²) in [6.07, 6.45) is 0. The molecule has 0 saturated heterocycles. The van der Waals surface area contributed by atoms with Crippen LogP contribution in [0.15, 0.2) is 97.1 Å². The topological polar surface area (TPSA) is 526 Å². The summed E-state index contributed by atoms with van der Waals surface area (Å²) in [6, 6.07) is 27.3. The van der Waals surface area contributed by atoms with Crippen LogP contribution in [0.3, 0.4) is 0 Å². The quantitative estimate of drug-likeness (QED) is 0.0217. The molecule has 0 bridgehead atoms. The lowest BCUT2D eigenvalue weighted by Gasteiger charge is -2.23. The van der Waals surface area contributed by atoms with Crippen molar-refractivity contribution in [3.63, 3.8) is 0 Å². The van der Waals surface area contributed by atoms with E-state index in [1.54, 1.807) is 102 Å². The van der Waals surface area contributed by atoms with Crippen molar-refractivity contribution in [3.8, 4) is 0 Å². The molecule has 0 radical (unpaired) electrons. The monoisotopic (exact) mass is 1820 g/mol. The van der Waals surface area contributed by atoms with Crippen molar-refractivity contribution in [3.05, 3.63) is 142 Å². The van der Waals surface area contributed by atoms with Crippen molar-refractivity contribution in [2.75, 3.05) is 193 Å². The lowest BCUT2D eigenvalue weighted by Crippen LogP contribution is -2.43. The minimum Gasteiger partial charge on any atom is -0.462 e. The Morgan fingerprint density at radius 2 is 0.450 bits per heavy atom. The van der Waals surface area contributed by atoms with Gasteiger partial charge in [-0.05, 0) is 70.8 Å². The van der Waals surface area contributed by atoms with Crippen LogP contribution in [0, 0.1) is 21.7 Å². The molecule has 0 heterocycles. The van der Waals surface area contributed by atoms with E-state index in [1.807, 2.05) is 83.1 Å². The standard InChI is InChI=1S/C23H36N4O6.C23H34N2O8.C22H32N2O8.C21H32N4O6/c1-23(2,3)22(31)26-14-17-6-8-18(9-7-17)21(30)27(12-10-24-19(28)15-32-4)13-11-25-20(29)16-33-5;1-23(2,3)22(29)24-14-17-6-8-18(9-7-17)21(28)25(10-12-32-19(26)15-30-4)11-13-33-20(27)16-31-5;1-22(2,3)21(29)23-13-16-5-7-17(8-6-16)20(28)24(9-11-31-18(26)14-25)10-12-32-19(27)15-30-4;1-21(2,3)20(31)24-12-15-4-6-16(7-5-15)19(30)25(10-8-22-17(28)13-26)11-9-23-18(29)14-27/h6-9H,10-16H2,1-5H3,(H,24,28)(H,25,29)(H,26,31);6-9H,10-16H2,1-5H3,(H,24,29);5-8,25H,9-15H2,1-4H3,(H,23,29);4-7,26-27H,8-14H2,1-3H3,(H,22,28)(H,23,29)(H,24,31). The number of nitrogens with zero attached hydrogens (tertiary/aromatic N) is 4. The number of esters is 4. The molecule has 0 unspecified atom stereocenters. The Labute approximate surface area is 754 Å². The van der Waals surface area contributed by atoms with E-state index in [0.717, 1.165) is 22.3 Å². The zero-order valence-corrected chi connectivity index (χ0v) is 77.4. The highest BCUT2D eigenvalue weighted by atomic mass is 16.6. The van der Waals surface area contributed by atoms with Crippen LogP contribution in [-0.4, -0.2) is 323 Å². The molecule has 11 N–H and O–H groups in total. The van der Waals surface area contributed by atoms with E-state index in [2.05, 4.69) is 47.3 Å². The van der Waals surface area contributed by atoms with E-state index in [1.165, 1.54) is 50.2 Å². The summed E-state index contributed by atoms with van der Waals surface area (Å²) < 4.78 is 43.6. The van der Waals surface area contributed by atoms with Crippen molar-refractivity contribution in [1.29, 1.82) is 0 Å². The maximum atomic E-state index is 13.0. The molecule has 12 amide bonds. The van der Waals surface area contributed by atoms with Crippen molar-refractivity contribution < 1.29 is 135 Å². The van der Waals surface area contributed by atoms with E-state index < -0.39 is 77.2 Å². The highest BCUT2D eigenvalue weighted by Gasteiger charge is 2.27. The molecule has 0 aliphatic carbocycles. The Kier molecular flexibility index (Phi) is 55.6. The van der Waals surface area contributed by atoms with Gasteiger partial charge in [0.2, 0.25) is 47.3 Å². The minimum absolute atomic E-state index is 0.0309. The summed E-state index contributed by atoms with van der Waals surface area (Å²) in [7, 11) is 6.98. The van der Waals surface area contributed by atoms with Crippen LogP contribution in [0.1, 0.15) is 147 Å². The number of rotatable bonds is 49. The molecule has 0 spiro atoms. The van der Waals surface area contributed by atoms with Gasteiger partial charge in [0.05, 0.1) is 26.2 Å². The van der Waals surface area contributed by atoms with Gasteiger partial charge < -0.3 is 120 Å². The van der Waals surface area contributed by atoms with Crippen LogP contribution in [0.25, 0.3) is 0 Å². The molecule has 4 aromatic rings. The highest BCUT2D eigenvalue weighted by Crippen LogP contribution is 2.19. The van der Waals surface area contributed by atoms with Crippen LogP contribution in [0.2, 0.25) is 0 Å². The minimum atomic E-state index is -0.800. The Morgan fingerprint density at radius 1 is 0.256 bits per heavy atom. The molecule has 40 heteroatoms. The van der Waals surface area contributed by atoms with E-state index in [9.17, 15) is 76.7 Å². The number of aliphatic hydroxyl groups excluding tert-OH is 3. The zero-order chi connectivity index (χ0) is 97.3. The van der Waals surface area contributed by atoms with Crippen molar-refractivity contribution in [2.24, 2.45) is 21.7 Å². The second-order valence-electron chi connectivity index (χ2n) is 32.6. The SMILES string of the molecule is CC(C)(C)C(=O)NCc1ccc(C(=O)N(CCNC(=O)CO)CCNC(=O)CO)cc1.COCC(=O)NCCN(CCNC(=O)COC)C(=O)c1ccc(CNC(=O)C(C)(C)C)cc1.COCC(=O)OCCN(CCOC(=O)CO)C(=O)c1ccc(CNC(=O)C(C)(C)C)cc1.COCC(=O)OCCN(CCOC(=O)COC)C(=O)c1ccc(CNC(=O)C(C)(C)C)cc1. The van der Waals surface area contributed by atoms with E-state index >= 15 is 0 Å². The second kappa shape index (κ2) is 62.3. The van der Waals surface area contributed by atoms with Gasteiger partial charge in [-0.15, -0.1) is 0 Å². The van der Waals surface area contributed by atoms with Crippen molar-refractivity contribution in [1.82, 2.24) is 62.1 Å². The molecular formula is C89H134N12O28. The average molecular weight is 1820 g/mol. The first kappa shape index (κ1) is 115. The molecule has 40 nitrogen and oxygen atoms in total. The van der Waals surface area contributed by atoms with Gasteiger partial charge >= 0.3 is 23.9 Å². The molecule has 129 heavy (non-hydrogen) atoms. The van der Waals surface area contributed by atoms with Gasteiger partial charge in [-0.2, -0.15) is 0 Å². The summed E-state index contributed by atoms with van der Waals surface area (Å²) in [5.74, 6) is -5.59. The third-order valence-electron chi connectivity index (χ3n) is 17.6. The Hall–Kier alpha value is -11.9. The maximum Gasteiger partial charge on any atom is 0.332 e. The number of carbonyl (C=O) groups excluding carboxylic acids is 16. The number of aliphatic hydroxyl groups is 3. The van der Waals surface area contributed by atoms with Crippen molar-refractivity contribution in [2.45, 2.75) is 109 Å². The number of ether oxygens (including phenoxy) is 9. The van der Waals surface area contributed by atoms with Crippen LogP contribution >= 0.6 is 0 Å². The first-order valence-corrected chi connectivity index (χ1v) is 41.5. The van der Waals surface area contributed by atoms with Crippen molar-refractivity contribution >= 4 is 94.8 Å². The summed E-state index contributed by atoms with van der Waals surface area (Å²) in [6.45, 7) is 22.4. The molecule has 0 aromatic heterocycles. The van der Waals surface area contributed by atoms with E-state index in [4.69, 9.17) is 53.2 Å². The summed E-state index contributed by atoms with van der Waals surface area (Å²) in [5, 5.41) is 48.0. The fourth-order valence-electron chi connectivity index (χ4n) is 10.2. The number of hydrogen-bond donors (Lipinski definition) is 11. The van der Waals surface area contributed by atoms with Gasteiger partial charge in [-0.1, -0.05) is 132 Å². The summed E-state index contributed by atoms with van der Waals surface area (Å²) in [5.41, 5.74) is 3.09. The number of amides is 12. The van der Waals surface area contributed by atoms with Crippen LogP contribution < -0.4 is 42.5 Å². The normalized spacial score (nSPS) is 10.9. The highest BCUT2D eigenvalue weighted by molar-refractivity contribution is 5.97. The first-order valence-electron chi connectivity index (χ1n) is 41.5. The summed E-state index contributed by atoms with van der Waals surface area (Å²) in [4.78, 5) is 197. The zero-order valence-electron chi connectivity index (χ0n) is 77.4. The van der Waals surface area contributed by atoms with E-state index in [-0.39, 0.29) is 197 Å². The predicted octanol–water partition coefficient (Wildman–Crippen LogP) is 1.01. The summed E-state index contributed by atoms with van der Waals surface area (Å²) >= 11 is 0. The molecular weight excluding hydrogens is 1690 g/mol. The van der Waals surface area contributed by atoms with E-state index in [0.29, 0.717) is 48.4 Å². The maximum absolute atomic E-state index is 13.0. The largest absolute Gasteiger partial charge is 0.462 e. The second-order valence-corrected chi connectivity index (χ2v) is 32.6. The fraction of sp³-hybridized carbons (Fsp3) is 0.551. The van der Waals surface area contributed by atoms with Gasteiger partial charge in [0.15, 0.2) is 0 Å². The number of benzene rings is 4. The Bertz CT molecular complexity index is 3960. The number of methoxy groups -OCH3 is 5. The smallest absolute Gasteiger partial charge is 0.332 e. The molecule has 0 saturated carbocycles. The third-order valence-corrected chi connectivity index (χ3v) is 17.6. The Morgan fingerprint density at radius 3 is 0.636 bits per heavy atom. The Balaban J connectivity index is 0.000000860. The van der Waals surface area contributed by atoms with Crippen LogP contribution in [0.5, 0.6) is 0 Å². The lowest BCUT2D eigenvalue weighted by molar-refractivity contribution is -0.149. The predicted molar refractivity (Wildman–Crippen MR) is 471 cm³/mol. The van der Waals surface area contributed by atoms with Gasteiger partial charge in [0, 0.05) is 158 Å². The molecule has 718 valence electrons. The first-order chi connectivity index (χ1) is 60.8. The van der Waals surface area contributed by atoms with Gasteiger partial charge in [0.1, 0.15) is 79.3 Å². The molecule has 0 atom stereocenters. The third kappa shape index (κ3) is 50.4. The lowest BCUT2D eigenvalue weighted by atomic mass is 9.95. The molecule has 0 aliphatic rings. The van der Waals surface area contributed by atoms with Crippen LogP contribution in [-0.2, 0) is 126 Å². The fourth-order valence-corrected chi connectivity index (χ4v) is 10.2. The molecule has 4 aromatic carbocycles. The molecule has 4 rings (SSSR count). The van der Waals surface area contributed by atoms with Crippen LogP contribution in [0.4, 0.5) is 0 Å². The van der Waals surface area contributed by atoms with Gasteiger partial charge in [-0.25, -0.2) is 19.2 Å². The number of hydrogen-bond acceptors (Lipinski definition) is 28. The molecule has 0 fully saturated rings. The number of nitrogens with one attached hydrogen (secondary N) is 8. The number of carbonyl (C=O) groups is 16. The molecule has 0 aliphatic heterocycles. The van der Waals surface area contributed by atoms with Gasteiger partial charge in [0.25, 0.3) is 23.6 Å². The average Bonchev–Trinajstić information content (AvgIpc) is 0.866.